The molecule has 0 aliphatic heterocycles. The number of hydrogen-bond donors (Lipinski definition) is 2. The third kappa shape index (κ3) is 4.58. The van der Waals surface area contributed by atoms with Crippen LogP contribution < -0.4 is 10.7 Å². The molecule has 0 saturated heterocycles. The van der Waals surface area contributed by atoms with Gasteiger partial charge in [0.25, 0.3) is 5.91 Å². The molecule has 0 aromatic heterocycles. The van der Waals surface area contributed by atoms with E-state index < -0.39 is 6.04 Å². The molecule has 2 N–H and O–H groups in total. The van der Waals surface area contributed by atoms with Gasteiger partial charge in [-0.05, 0) is 53.6 Å². The van der Waals surface area contributed by atoms with Crippen LogP contribution in [0.5, 0.6) is 0 Å². The van der Waals surface area contributed by atoms with E-state index in [0.717, 1.165) is 16.6 Å². The van der Waals surface area contributed by atoms with Crippen molar-refractivity contribution in [3.05, 3.63) is 77.3 Å². The lowest BCUT2D eigenvalue weighted by Gasteiger charge is -2.13. The molecule has 0 spiro atoms. The van der Waals surface area contributed by atoms with Crippen LogP contribution in [0.3, 0.4) is 0 Å². The van der Waals surface area contributed by atoms with E-state index >= 15 is 0 Å². The molecule has 1 atom stereocenters. The first-order chi connectivity index (χ1) is 12.1. The molecule has 126 valence electrons. The summed E-state index contributed by atoms with van der Waals surface area (Å²) in [7, 11) is 0. The van der Waals surface area contributed by atoms with Crippen LogP contribution >= 0.6 is 11.6 Å². The molecule has 3 aromatic rings. The maximum atomic E-state index is 12.1. The standard InChI is InChI=1S/C20H18ClN3O/c1-14(23-19-10-8-18(21)9-11-19)20(25)24-22-13-15-6-7-16-4-2-3-5-17(16)12-15/h2-14,23H,1H3,(H,24,25)/b22-13-/t14-/m1/s1. The van der Waals surface area contributed by atoms with Gasteiger partial charge in [0, 0.05) is 10.7 Å². The van der Waals surface area contributed by atoms with Crippen LogP contribution in [0.25, 0.3) is 10.8 Å². The number of amides is 1. The predicted molar refractivity (Wildman–Crippen MR) is 104 cm³/mol. The summed E-state index contributed by atoms with van der Waals surface area (Å²) in [5.41, 5.74) is 4.31. The minimum absolute atomic E-state index is 0.216. The van der Waals surface area contributed by atoms with E-state index in [2.05, 4.69) is 21.9 Å². The second-order valence-electron chi connectivity index (χ2n) is 5.71. The number of hydrogen-bond acceptors (Lipinski definition) is 3. The smallest absolute Gasteiger partial charge is 0.262 e. The van der Waals surface area contributed by atoms with Crippen molar-refractivity contribution in [3.63, 3.8) is 0 Å². The maximum absolute atomic E-state index is 12.1. The summed E-state index contributed by atoms with van der Waals surface area (Å²) in [6.45, 7) is 1.77. The van der Waals surface area contributed by atoms with Gasteiger partial charge < -0.3 is 5.32 Å². The molecule has 5 heteroatoms. The van der Waals surface area contributed by atoms with Crippen molar-refractivity contribution < 1.29 is 4.79 Å². The zero-order chi connectivity index (χ0) is 17.6. The number of anilines is 1. The van der Waals surface area contributed by atoms with Crippen LogP contribution in [0.1, 0.15) is 12.5 Å². The molecule has 3 rings (SSSR count). The Morgan fingerprint density at radius 1 is 1.04 bits per heavy atom. The first-order valence-electron chi connectivity index (χ1n) is 7.96. The van der Waals surface area contributed by atoms with Crippen LogP contribution in [0.4, 0.5) is 5.69 Å². The quantitative estimate of drug-likeness (QED) is 0.527. The first-order valence-corrected chi connectivity index (χ1v) is 8.33. The van der Waals surface area contributed by atoms with Crippen molar-refractivity contribution in [1.82, 2.24) is 5.43 Å². The Balaban J connectivity index is 1.58. The Bertz CT molecular complexity index is 906. The number of hydrazone groups is 1. The highest BCUT2D eigenvalue weighted by molar-refractivity contribution is 6.30. The molecule has 0 aliphatic rings. The van der Waals surface area contributed by atoms with Gasteiger partial charge in [-0.1, -0.05) is 48.0 Å². The molecule has 25 heavy (non-hydrogen) atoms. The molecule has 1 amide bonds. The van der Waals surface area contributed by atoms with Crippen molar-refractivity contribution >= 4 is 40.2 Å². The normalized spacial score (nSPS) is 12.2. The van der Waals surface area contributed by atoms with E-state index in [1.54, 1.807) is 25.3 Å². The van der Waals surface area contributed by atoms with Gasteiger partial charge >= 0.3 is 0 Å². The highest BCUT2D eigenvalue weighted by Gasteiger charge is 2.11. The highest BCUT2D eigenvalue weighted by atomic mass is 35.5. The molecule has 0 fully saturated rings. The average Bonchev–Trinajstić information content (AvgIpc) is 2.63. The largest absolute Gasteiger partial charge is 0.374 e. The summed E-state index contributed by atoms with van der Waals surface area (Å²) in [4.78, 5) is 12.1. The number of nitrogens with one attached hydrogen (secondary N) is 2. The first kappa shape index (κ1) is 17.0. The summed E-state index contributed by atoms with van der Waals surface area (Å²) in [5, 5.41) is 10.1. The van der Waals surface area contributed by atoms with Crippen LogP contribution in [-0.2, 0) is 4.79 Å². The molecule has 0 saturated carbocycles. The average molecular weight is 352 g/mol. The number of halogens is 1. The number of rotatable bonds is 5. The van der Waals surface area contributed by atoms with Crippen molar-refractivity contribution in [3.8, 4) is 0 Å². The Kier molecular flexibility index (Phi) is 5.31. The summed E-state index contributed by atoms with van der Waals surface area (Å²) < 4.78 is 0. The lowest BCUT2D eigenvalue weighted by atomic mass is 10.1. The Morgan fingerprint density at radius 2 is 1.76 bits per heavy atom. The molecule has 4 nitrogen and oxygen atoms in total. The fourth-order valence-corrected chi connectivity index (χ4v) is 2.54. The van der Waals surface area contributed by atoms with E-state index in [9.17, 15) is 4.79 Å². The van der Waals surface area contributed by atoms with Gasteiger partial charge in [-0.15, -0.1) is 0 Å². The van der Waals surface area contributed by atoms with Gasteiger partial charge in [-0.3, -0.25) is 4.79 Å². The zero-order valence-corrected chi connectivity index (χ0v) is 14.5. The molecule has 0 bridgehead atoms. The van der Waals surface area contributed by atoms with Gasteiger partial charge in [-0.25, -0.2) is 5.43 Å². The minimum atomic E-state index is -0.421. The van der Waals surface area contributed by atoms with Crippen LogP contribution in [-0.4, -0.2) is 18.2 Å². The lowest BCUT2D eigenvalue weighted by molar-refractivity contribution is -0.121. The van der Waals surface area contributed by atoms with Gasteiger partial charge in [0.15, 0.2) is 0 Å². The molecular formula is C20H18ClN3O. The topological polar surface area (TPSA) is 53.5 Å². The Labute approximate surface area is 151 Å². The SMILES string of the molecule is C[C@@H](Nc1ccc(Cl)cc1)C(=O)N/N=C\c1ccc2ccccc2c1. The van der Waals surface area contributed by atoms with Crippen molar-refractivity contribution in [2.24, 2.45) is 5.10 Å². The van der Waals surface area contributed by atoms with Gasteiger partial charge in [0.05, 0.1) is 6.21 Å². The van der Waals surface area contributed by atoms with E-state index in [-0.39, 0.29) is 5.91 Å². The molecule has 3 aromatic carbocycles. The summed E-state index contributed by atoms with van der Waals surface area (Å²) >= 11 is 5.85. The molecule has 0 radical (unpaired) electrons. The Hall–Kier alpha value is -2.85. The summed E-state index contributed by atoms with van der Waals surface area (Å²) in [6, 6.07) is 20.9. The van der Waals surface area contributed by atoms with Gasteiger partial charge in [0.1, 0.15) is 6.04 Å². The number of carbonyl (C=O) groups excluding carboxylic acids is 1. The highest BCUT2D eigenvalue weighted by Crippen LogP contribution is 2.15. The van der Waals surface area contributed by atoms with E-state index in [1.165, 1.54) is 5.39 Å². The van der Waals surface area contributed by atoms with Crippen molar-refractivity contribution in [1.29, 1.82) is 0 Å². The van der Waals surface area contributed by atoms with Gasteiger partial charge in [0.2, 0.25) is 0 Å². The predicted octanol–water partition coefficient (Wildman–Crippen LogP) is 4.44. The van der Waals surface area contributed by atoms with Crippen molar-refractivity contribution in [2.45, 2.75) is 13.0 Å². The van der Waals surface area contributed by atoms with Crippen LogP contribution in [0.2, 0.25) is 5.02 Å². The maximum Gasteiger partial charge on any atom is 0.262 e. The fourth-order valence-electron chi connectivity index (χ4n) is 2.42. The summed E-state index contributed by atoms with van der Waals surface area (Å²) in [6.07, 6.45) is 1.64. The van der Waals surface area contributed by atoms with Gasteiger partial charge in [-0.2, -0.15) is 5.10 Å². The third-order valence-corrected chi connectivity index (χ3v) is 4.03. The summed E-state index contributed by atoms with van der Waals surface area (Å²) in [5.74, 6) is -0.216. The van der Waals surface area contributed by atoms with Crippen molar-refractivity contribution in [2.75, 3.05) is 5.32 Å². The van der Waals surface area contributed by atoms with E-state index in [1.807, 2.05) is 48.5 Å². The third-order valence-electron chi connectivity index (χ3n) is 3.78. The molecular weight excluding hydrogens is 334 g/mol. The Morgan fingerprint density at radius 3 is 2.52 bits per heavy atom. The number of fused-ring (bicyclic) bond motifs is 1. The number of carbonyl (C=O) groups is 1. The molecule has 0 heterocycles. The monoisotopic (exact) mass is 351 g/mol. The molecule has 0 unspecified atom stereocenters. The minimum Gasteiger partial charge on any atom is -0.374 e. The van der Waals surface area contributed by atoms with E-state index in [0.29, 0.717) is 5.02 Å². The second-order valence-corrected chi connectivity index (χ2v) is 6.15. The fraction of sp³-hybridized carbons (Fsp3) is 0.100. The molecule has 0 aliphatic carbocycles. The zero-order valence-electron chi connectivity index (χ0n) is 13.7. The van der Waals surface area contributed by atoms with E-state index in [4.69, 9.17) is 11.6 Å². The number of benzene rings is 3. The van der Waals surface area contributed by atoms with Crippen LogP contribution in [0, 0.1) is 0 Å². The second kappa shape index (κ2) is 7.81. The number of nitrogens with zero attached hydrogens (tertiary/aromatic N) is 1. The van der Waals surface area contributed by atoms with Crippen LogP contribution in [0.15, 0.2) is 71.8 Å². The lowest BCUT2D eigenvalue weighted by Crippen LogP contribution is -2.34.